The Morgan fingerprint density at radius 3 is 2.33 bits per heavy atom. The van der Waals surface area contributed by atoms with Gasteiger partial charge in [0.2, 0.25) is 17.7 Å². The number of imidazole rings is 1. The fraction of sp³-hybridized carbons (Fsp3) is 0.423. The van der Waals surface area contributed by atoms with Gasteiger partial charge in [-0.05, 0) is 24.0 Å². The van der Waals surface area contributed by atoms with E-state index in [0.29, 0.717) is 12.1 Å². The first kappa shape index (κ1) is 29.3. The van der Waals surface area contributed by atoms with Gasteiger partial charge in [-0.25, -0.2) is 9.78 Å². The number of aromatic amines is 2. The minimum Gasteiger partial charge on any atom is -0.480 e. The number of para-hydroxylation sites is 1. The van der Waals surface area contributed by atoms with Gasteiger partial charge in [0, 0.05) is 35.4 Å². The normalized spacial score (nSPS) is 15.1. The Balaban J connectivity index is 1.70. The van der Waals surface area contributed by atoms with Gasteiger partial charge in [-0.2, -0.15) is 0 Å². The zero-order valence-electron chi connectivity index (χ0n) is 21.8. The monoisotopic (exact) mass is 541 g/mol. The van der Waals surface area contributed by atoms with E-state index in [4.69, 9.17) is 5.73 Å². The first-order valence-electron chi connectivity index (χ1n) is 12.7. The lowest BCUT2D eigenvalue weighted by atomic mass is 9.99. The Morgan fingerprint density at radius 2 is 1.69 bits per heavy atom. The fourth-order valence-electron chi connectivity index (χ4n) is 4.14. The van der Waals surface area contributed by atoms with Gasteiger partial charge in [0.15, 0.2) is 0 Å². The number of nitrogens with one attached hydrogen (secondary N) is 5. The molecule has 2 heterocycles. The van der Waals surface area contributed by atoms with E-state index in [1.165, 1.54) is 12.5 Å². The lowest BCUT2D eigenvalue weighted by Crippen LogP contribution is -2.59. The second kappa shape index (κ2) is 13.5. The predicted molar refractivity (Wildman–Crippen MR) is 142 cm³/mol. The molecule has 3 aromatic rings. The largest absolute Gasteiger partial charge is 0.480 e. The molecule has 0 bridgehead atoms. The molecule has 3 rings (SSSR count). The van der Waals surface area contributed by atoms with Gasteiger partial charge in [0.05, 0.1) is 19.0 Å². The van der Waals surface area contributed by atoms with E-state index in [9.17, 15) is 29.4 Å². The smallest absolute Gasteiger partial charge is 0.326 e. The number of aliphatic hydroxyl groups excluding tert-OH is 1. The number of rotatable bonds is 14. The Bertz CT molecular complexity index is 1270. The molecule has 0 spiro atoms. The van der Waals surface area contributed by atoms with Crippen molar-refractivity contribution >= 4 is 34.6 Å². The summed E-state index contributed by atoms with van der Waals surface area (Å²) in [4.78, 5) is 60.4. The van der Waals surface area contributed by atoms with E-state index in [0.717, 1.165) is 16.5 Å². The number of aromatic nitrogens is 3. The number of fused-ring (bicyclic) bond motifs is 1. The average Bonchev–Trinajstić information content (AvgIpc) is 3.59. The van der Waals surface area contributed by atoms with Crippen LogP contribution in [0.1, 0.15) is 31.5 Å². The zero-order chi connectivity index (χ0) is 28.5. The number of H-pyrrole nitrogens is 2. The van der Waals surface area contributed by atoms with Crippen molar-refractivity contribution in [2.24, 2.45) is 11.7 Å². The van der Waals surface area contributed by atoms with Crippen molar-refractivity contribution in [2.45, 2.75) is 57.3 Å². The molecular weight excluding hydrogens is 506 g/mol. The molecule has 0 aliphatic rings. The minimum atomic E-state index is -1.44. The Hall–Kier alpha value is -4.23. The number of carbonyl (C=O) groups is 4. The van der Waals surface area contributed by atoms with Crippen molar-refractivity contribution in [3.63, 3.8) is 0 Å². The van der Waals surface area contributed by atoms with Crippen LogP contribution in [0.5, 0.6) is 0 Å². The second-order valence-electron chi connectivity index (χ2n) is 9.47. The molecule has 210 valence electrons. The summed E-state index contributed by atoms with van der Waals surface area (Å²) in [6.45, 7) is 2.67. The molecule has 1 aromatic carbocycles. The van der Waals surface area contributed by atoms with Gasteiger partial charge in [0.1, 0.15) is 18.1 Å². The average molecular weight is 542 g/mol. The van der Waals surface area contributed by atoms with E-state index in [2.05, 4.69) is 30.9 Å². The molecule has 0 radical (unpaired) electrons. The van der Waals surface area contributed by atoms with Crippen molar-refractivity contribution in [1.29, 1.82) is 0 Å². The lowest BCUT2D eigenvalue weighted by molar-refractivity contribution is -0.144. The SMILES string of the molecule is CCC(C)C(NC(=O)C(CO)NC(=O)C(Cc1cnc[nH]1)NC(=O)C(N)Cc1c[nH]c2ccccc12)C(=O)O. The molecule has 9 N–H and O–H groups in total. The first-order valence-corrected chi connectivity index (χ1v) is 12.7. The number of hydrogen-bond donors (Lipinski definition) is 8. The fourth-order valence-corrected chi connectivity index (χ4v) is 4.14. The summed E-state index contributed by atoms with van der Waals surface area (Å²) in [5, 5.41) is 27.6. The lowest BCUT2D eigenvalue weighted by Gasteiger charge is -2.25. The summed E-state index contributed by atoms with van der Waals surface area (Å²) in [7, 11) is 0. The van der Waals surface area contributed by atoms with E-state index in [1.807, 2.05) is 24.3 Å². The minimum absolute atomic E-state index is 0.00175. The maximum atomic E-state index is 13.2. The van der Waals surface area contributed by atoms with E-state index in [1.54, 1.807) is 20.0 Å². The highest BCUT2D eigenvalue weighted by atomic mass is 16.4. The molecule has 0 fully saturated rings. The van der Waals surface area contributed by atoms with Crippen molar-refractivity contribution < 1.29 is 29.4 Å². The van der Waals surface area contributed by atoms with Gasteiger partial charge in [-0.1, -0.05) is 38.5 Å². The molecule has 2 aromatic heterocycles. The third-order valence-electron chi connectivity index (χ3n) is 6.66. The van der Waals surface area contributed by atoms with E-state index >= 15 is 0 Å². The van der Waals surface area contributed by atoms with E-state index in [-0.39, 0.29) is 18.8 Å². The molecule has 0 aliphatic heterocycles. The topological polar surface area (TPSA) is 215 Å². The molecule has 5 unspecified atom stereocenters. The Kier molecular flexibility index (Phi) is 10.2. The summed E-state index contributed by atoms with van der Waals surface area (Å²) in [6, 6.07) is 2.80. The van der Waals surface area contributed by atoms with Crippen LogP contribution in [0.4, 0.5) is 0 Å². The summed E-state index contributed by atoms with van der Waals surface area (Å²) >= 11 is 0. The molecular formula is C26H35N7O6. The van der Waals surface area contributed by atoms with Crippen LogP contribution in [-0.4, -0.2) is 79.6 Å². The molecule has 13 heteroatoms. The highest BCUT2D eigenvalue weighted by Crippen LogP contribution is 2.19. The number of carboxylic acid groups (broad SMARTS) is 1. The maximum Gasteiger partial charge on any atom is 0.326 e. The number of aliphatic hydroxyl groups is 1. The Labute approximate surface area is 225 Å². The predicted octanol–water partition coefficient (Wildman–Crippen LogP) is -0.419. The summed E-state index contributed by atoms with van der Waals surface area (Å²) in [5.41, 5.74) is 8.47. The van der Waals surface area contributed by atoms with Crippen LogP contribution in [-0.2, 0) is 32.0 Å². The van der Waals surface area contributed by atoms with Crippen LogP contribution in [0.2, 0.25) is 0 Å². The number of nitrogens with zero attached hydrogens (tertiary/aromatic N) is 1. The van der Waals surface area contributed by atoms with Crippen LogP contribution in [0, 0.1) is 5.92 Å². The first-order chi connectivity index (χ1) is 18.6. The molecule has 3 amide bonds. The summed E-state index contributed by atoms with van der Waals surface area (Å²) in [5.74, 6) is -3.82. The zero-order valence-corrected chi connectivity index (χ0v) is 21.8. The van der Waals surface area contributed by atoms with Crippen LogP contribution in [0.3, 0.4) is 0 Å². The highest BCUT2D eigenvalue weighted by Gasteiger charge is 2.32. The van der Waals surface area contributed by atoms with Crippen LogP contribution >= 0.6 is 0 Å². The van der Waals surface area contributed by atoms with Crippen LogP contribution < -0.4 is 21.7 Å². The number of aliphatic carboxylic acids is 1. The number of nitrogens with two attached hydrogens (primary N) is 1. The third-order valence-corrected chi connectivity index (χ3v) is 6.66. The van der Waals surface area contributed by atoms with Crippen molar-refractivity contribution in [1.82, 2.24) is 30.9 Å². The molecule has 0 saturated carbocycles. The third kappa shape index (κ3) is 7.65. The number of amides is 3. The molecule has 0 saturated heterocycles. The highest BCUT2D eigenvalue weighted by molar-refractivity contribution is 5.94. The standard InChI is InChI=1S/C26H35N7O6/c1-3-14(2)22(26(38)39)33-25(37)21(12-34)32-24(36)20(9-16-11-28-13-30-16)31-23(35)18(27)8-15-10-29-19-7-5-4-6-17(15)19/h4-7,10-11,13-14,18,20-22,29,34H,3,8-9,12,27H2,1-2H3,(H,28,30)(H,31,35)(H,32,36)(H,33,37)(H,38,39). The molecule has 0 aliphatic carbocycles. The van der Waals surface area contributed by atoms with Crippen molar-refractivity contribution in [3.05, 3.63) is 54.2 Å². The number of carboxylic acids is 1. The van der Waals surface area contributed by atoms with Crippen LogP contribution in [0.15, 0.2) is 43.0 Å². The van der Waals surface area contributed by atoms with Gasteiger partial charge < -0.3 is 41.9 Å². The maximum absolute atomic E-state index is 13.2. The van der Waals surface area contributed by atoms with E-state index < -0.39 is 54.5 Å². The van der Waals surface area contributed by atoms with Gasteiger partial charge in [-0.3, -0.25) is 14.4 Å². The Morgan fingerprint density at radius 1 is 1.00 bits per heavy atom. The number of carbonyl (C=O) groups excluding carboxylic acids is 3. The van der Waals surface area contributed by atoms with Crippen LogP contribution in [0.25, 0.3) is 10.9 Å². The number of benzene rings is 1. The van der Waals surface area contributed by atoms with Crippen molar-refractivity contribution in [3.8, 4) is 0 Å². The van der Waals surface area contributed by atoms with Crippen molar-refractivity contribution in [2.75, 3.05) is 6.61 Å². The quantitative estimate of drug-likeness (QED) is 0.134. The molecule has 13 nitrogen and oxygen atoms in total. The van der Waals surface area contributed by atoms with Gasteiger partial charge >= 0.3 is 5.97 Å². The second-order valence-corrected chi connectivity index (χ2v) is 9.47. The van der Waals surface area contributed by atoms with Gasteiger partial charge in [0.25, 0.3) is 0 Å². The molecule has 39 heavy (non-hydrogen) atoms. The summed E-state index contributed by atoms with van der Waals surface area (Å²) in [6.07, 6.45) is 5.38. The molecule has 5 atom stereocenters. The number of hydrogen-bond acceptors (Lipinski definition) is 7. The van der Waals surface area contributed by atoms with Gasteiger partial charge in [-0.15, -0.1) is 0 Å². The summed E-state index contributed by atoms with van der Waals surface area (Å²) < 4.78 is 0.